The largest absolute Gasteiger partial charge is 0.468 e. The minimum absolute atomic E-state index is 0.211. The third-order valence-electron chi connectivity index (χ3n) is 3.29. The summed E-state index contributed by atoms with van der Waals surface area (Å²) in [5.74, 6) is -0.211. The van der Waals surface area contributed by atoms with E-state index < -0.39 is 0 Å². The first-order valence-corrected chi connectivity index (χ1v) is 5.52. The van der Waals surface area contributed by atoms with E-state index in [0.717, 1.165) is 25.9 Å². The van der Waals surface area contributed by atoms with Gasteiger partial charge in [0, 0.05) is 6.54 Å². The standard InChI is InChI=1S/C11H22N2O2/c1-11(2)4-6-13(7-5-11)9(8-12)10(14)15-3/h9H,4-8,12H2,1-3H3. The van der Waals surface area contributed by atoms with Crippen LogP contribution in [0.5, 0.6) is 0 Å². The molecule has 1 rings (SSSR count). The number of rotatable bonds is 3. The Morgan fingerprint density at radius 3 is 2.40 bits per heavy atom. The Kier molecular flexibility index (Phi) is 4.11. The molecule has 2 N–H and O–H groups in total. The van der Waals surface area contributed by atoms with Gasteiger partial charge in [0.1, 0.15) is 6.04 Å². The Balaban J connectivity index is 2.54. The maximum Gasteiger partial charge on any atom is 0.324 e. The fourth-order valence-corrected chi connectivity index (χ4v) is 1.97. The second kappa shape index (κ2) is 4.94. The van der Waals surface area contributed by atoms with E-state index in [1.807, 2.05) is 0 Å². The monoisotopic (exact) mass is 214 g/mol. The molecule has 0 aromatic heterocycles. The highest BCUT2D eigenvalue weighted by Gasteiger charge is 2.32. The number of nitrogens with zero attached hydrogens (tertiary/aromatic N) is 1. The van der Waals surface area contributed by atoms with Gasteiger partial charge >= 0.3 is 5.97 Å². The van der Waals surface area contributed by atoms with Crippen LogP contribution in [0.2, 0.25) is 0 Å². The molecule has 0 aromatic carbocycles. The predicted molar refractivity (Wildman–Crippen MR) is 59.4 cm³/mol. The summed E-state index contributed by atoms with van der Waals surface area (Å²) in [5, 5.41) is 0. The summed E-state index contributed by atoms with van der Waals surface area (Å²) in [4.78, 5) is 13.6. The number of ether oxygens (including phenoxy) is 1. The minimum Gasteiger partial charge on any atom is -0.468 e. The lowest BCUT2D eigenvalue weighted by Gasteiger charge is -2.39. The van der Waals surface area contributed by atoms with Crippen LogP contribution in [-0.4, -0.2) is 43.7 Å². The first-order chi connectivity index (χ1) is 7.00. The number of likely N-dealkylation sites (tertiary alicyclic amines) is 1. The van der Waals surface area contributed by atoms with Crippen molar-refractivity contribution >= 4 is 5.97 Å². The SMILES string of the molecule is COC(=O)C(CN)N1CCC(C)(C)CC1. The number of hydrogen-bond donors (Lipinski definition) is 1. The molecule has 1 heterocycles. The highest BCUT2D eigenvalue weighted by Crippen LogP contribution is 2.30. The van der Waals surface area contributed by atoms with Gasteiger partial charge in [-0.3, -0.25) is 9.69 Å². The number of nitrogens with two attached hydrogens (primary N) is 1. The first-order valence-electron chi connectivity index (χ1n) is 5.52. The number of piperidine rings is 1. The lowest BCUT2D eigenvalue weighted by Crippen LogP contribution is -2.51. The van der Waals surface area contributed by atoms with E-state index in [1.54, 1.807) is 0 Å². The molecular weight excluding hydrogens is 192 g/mol. The van der Waals surface area contributed by atoms with E-state index in [4.69, 9.17) is 10.5 Å². The number of carbonyl (C=O) groups excluding carboxylic acids is 1. The Morgan fingerprint density at radius 1 is 1.47 bits per heavy atom. The summed E-state index contributed by atoms with van der Waals surface area (Å²) in [6.45, 7) is 6.74. The van der Waals surface area contributed by atoms with E-state index in [0.29, 0.717) is 12.0 Å². The van der Waals surface area contributed by atoms with Crippen LogP contribution in [0.15, 0.2) is 0 Å². The summed E-state index contributed by atoms with van der Waals surface area (Å²) in [7, 11) is 1.42. The second-order valence-electron chi connectivity index (χ2n) is 4.97. The molecule has 0 bridgehead atoms. The van der Waals surface area contributed by atoms with Crippen LogP contribution in [0.25, 0.3) is 0 Å². The van der Waals surface area contributed by atoms with E-state index in [-0.39, 0.29) is 12.0 Å². The van der Waals surface area contributed by atoms with Gasteiger partial charge < -0.3 is 10.5 Å². The Hall–Kier alpha value is -0.610. The van der Waals surface area contributed by atoms with Crippen molar-refractivity contribution in [3.8, 4) is 0 Å². The molecule has 1 fully saturated rings. The average molecular weight is 214 g/mol. The van der Waals surface area contributed by atoms with E-state index >= 15 is 0 Å². The van der Waals surface area contributed by atoms with E-state index in [1.165, 1.54) is 7.11 Å². The maximum absolute atomic E-state index is 11.5. The summed E-state index contributed by atoms with van der Waals surface area (Å²) in [5.41, 5.74) is 6.00. The lowest BCUT2D eigenvalue weighted by molar-refractivity contribution is -0.147. The molecule has 4 nitrogen and oxygen atoms in total. The normalized spacial score (nSPS) is 23.5. The van der Waals surface area contributed by atoms with Crippen LogP contribution in [0.1, 0.15) is 26.7 Å². The smallest absolute Gasteiger partial charge is 0.324 e. The van der Waals surface area contributed by atoms with Crippen molar-refractivity contribution in [2.24, 2.45) is 11.1 Å². The highest BCUT2D eigenvalue weighted by atomic mass is 16.5. The highest BCUT2D eigenvalue weighted by molar-refractivity contribution is 5.75. The molecule has 1 saturated heterocycles. The van der Waals surface area contributed by atoms with Crippen molar-refractivity contribution in [3.63, 3.8) is 0 Å². The van der Waals surface area contributed by atoms with Crippen molar-refractivity contribution in [2.75, 3.05) is 26.7 Å². The molecule has 0 aromatic rings. The van der Waals surface area contributed by atoms with Gasteiger partial charge in [-0.25, -0.2) is 0 Å². The molecule has 1 atom stereocenters. The zero-order chi connectivity index (χ0) is 11.5. The third kappa shape index (κ3) is 3.18. The Morgan fingerprint density at radius 2 is 2.00 bits per heavy atom. The van der Waals surface area contributed by atoms with Gasteiger partial charge in [0.05, 0.1) is 7.11 Å². The summed E-state index contributed by atoms with van der Waals surface area (Å²) in [6, 6.07) is -0.258. The first kappa shape index (κ1) is 12.5. The second-order valence-corrected chi connectivity index (χ2v) is 4.97. The molecular formula is C11H22N2O2. The zero-order valence-corrected chi connectivity index (χ0v) is 9.95. The summed E-state index contributed by atoms with van der Waals surface area (Å²) >= 11 is 0. The topological polar surface area (TPSA) is 55.6 Å². The minimum atomic E-state index is -0.258. The molecule has 1 unspecified atom stereocenters. The molecule has 1 aliphatic heterocycles. The van der Waals surface area contributed by atoms with Gasteiger partial charge in [0.2, 0.25) is 0 Å². The number of methoxy groups -OCH3 is 1. The molecule has 0 spiro atoms. The molecule has 4 heteroatoms. The zero-order valence-electron chi connectivity index (χ0n) is 9.95. The molecule has 0 aliphatic carbocycles. The van der Waals surface area contributed by atoms with Crippen LogP contribution in [0.3, 0.4) is 0 Å². The van der Waals surface area contributed by atoms with Crippen molar-refractivity contribution in [2.45, 2.75) is 32.7 Å². The van der Waals surface area contributed by atoms with Crippen LogP contribution >= 0.6 is 0 Å². The number of hydrogen-bond acceptors (Lipinski definition) is 4. The van der Waals surface area contributed by atoms with Crippen molar-refractivity contribution in [1.29, 1.82) is 0 Å². The summed E-state index contributed by atoms with van der Waals surface area (Å²) < 4.78 is 4.75. The van der Waals surface area contributed by atoms with Crippen LogP contribution in [0.4, 0.5) is 0 Å². The molecule has 15 heavy (non-hydrogen) atoms. The molecule has 1 aliphatic rings. The van der Waals surface area contributed by atoms with Gasteiger partial charge in [-0.2, -0.15) is 0 Å². The van der Waals surface area contributed by atoms with Crippen LogP contribution in [-0.2, 0) is 9.53 Å². The predicted octanol–water partition coefficient (Wildman–Crippen LogP) is 0.609. The quantitative estimate of drug-likeness (QED) is 0.699. The molecule has 0 amide bonds. The number of carbonyl (C=O) groups is 1. The lowest BCUT2D eigenvalue weighted by atomic mass is 9.82. The van der Waals surface area contributed by atoms with Crippen LogP contribution in [0, 0.1) is 5.41 Å². The Labute approximate surface area is 91.8 Å². The number of esters is 1. The summed E-state index contributed by atoms with van der Waals surface area (Å²) in [6.07, 6.45) is 2.22. The van der Waals surface area contributed by atoms with E-state index in [2.05, 4.69) is 18.7 Å². The van der Waals surface area contributed by atoms with Crippen molar-refractivity contribution in [1.82, 2.24) is 4.90 Å². The fraction of sp³-hybridized carbons (Fsp3) is 0.909. The van der Waals surface area contributed by atoms with Crippen molar-refractivity contribution < 1.29 is 9.53 Å². The van der Waals surface area contributed by atoms with E-state index in [9.17, 15) is 4.79 Å². The van der Waals surface area contributed by atoms with Gasteiger partial charge in [0.25, 0.3) is 0 Å². The fourth-order valence-electron chi connectivity index (χ4n) is 1.97. The Bertz CT molecular complexity index is 219. The average Bonchev–Trinajstić information content (AvgIpc) is 2.21. The van der Waals surface area contributed by atoms with Crippen LogP contribution < -0.4 is 5.73 Å². The third-order valence-corrected chi connectivity index (χ3v) is 3.29. The molecule has 0 radical (unpaired) electrons. The van der Waals surface area contributed by atoms with Gasteiger partial charge in [-0.05, 0) is 31.3 Å². The maximum atomic E-state index is 11.5. The van der Waals surface area contributed by atoms with Gasteiger partial charge in [-0.1, -0.05) is 13.8 Å². The molecule has 0 saturated carbocycles. The van der Waals surface area contributed by atoms with Crippen molar-refractivity contribution in [3.05, 3.63) is 0 Å². The van der Waals surface area contributed by atoms with Gasteiger partial charge in [0.15, 0.2) is 0 Å². The van der Waals surface area contributed by atoms with Gasteiger partial charge in [-0.15, -0.1) is 0 Å². The molecule has 88 valence electrons.